The molecule has 0 aromatic heterocycles. The SMILES string of the molecule is CC(=O)Nc1cc(NC(C)=O)cc(C(=O)O[C@H](C)C(N)=O)c1. The van der Waals surface area contributed by atoms with Crippen molar-refractivity contribution in [3.63, 3.8) is 0 Å². The van der Waals surface area contributed by atoms with Crippen molar-refractivity contribution < 1.29 is 23.9 Å². The summed E-state index contributed by atoms with van der Waals surface area (Å²) in [5.41, 5.74) is 5.69. The minimum atomic E-state index is -1.10. The Morgan fingerprint density at radius 3 is 1.82 bits per heavy atom. The second-order valence-corrected chi connectivity index (χ2v) is 4.61. The van der Waals surface area contributed by atoms with E-state index in [0.717, 1.165) is 0 Å². The lowest BCUT2D eigenvalue weighted by Crippen LogP contribution is -2.30. The maximum absolute atomic E-state index is 12.0. The fourth-order valence-electron chi connectivity index (χ4n) is 1.58. The van der Waals surface area contributed by atoms with Gasteiger partial charge in [0.25, 0.3) is 5.91 Å². The highest BCUT2D eigenvalue weighted by molar-refractivity contribution is 5.98. The van der Waals surface area contributed by atoms with E-state index in [-0.39, 0.29) is 17.4 Å². The summed E-state index contributed by atoms with van der Waals surface area (Å²) in [5.74, 6) is -2.27. The van der Waals surface area contributed by atoms with E-state index in [9.17, 15) is 19.2 Å². The monoisotopic (exact) mass is 307 g/mol. The molecule has 22 heavy (non-hydrogen) atoms. The summed E-state index contributed by atoms with van der Waals surface area (Å²) in [7, 11) is 0. The van der Waals surface area contributed by atoms with Gasteiger partial charge in [-0.2, -0.15) is 0 Å². The van der Waals surface area contributed by atoms with Crippen molar-refractivity contribution in [1.82, 2.24) is 0 Å². The van der Waals surface area contributed by atoms with Gasteiger partial charge in [0.2, 0.25) is 11.8 Å². The average molecular weight is 307 g/mol. The number of primary amides is 1. The molecular formula is C14H17N3O5. The van der Waals surface area contributed by atoms with E-state index in [2.05, 4.69) is 10.6 Å². The van der Waals surface area contributed by atoms with Crippen molar-refractivity contribution in [2.24, 2.45) is 5.73 Å². The van der Waals surface area contributed by atoms with E-state index in [1.807, 2.05) is 0 Å². The fourth-order valence-corrected chi connectivity index (χ4v) is 1.58. The van der Waals surface area contributed by atoms with Crippen molar-refractivity contribution in [1.29, 1.82) is 0 Å². The molecule has 0 heterocycles. The topological polar surface area (TPSA) is 128 Å². The number of ether oxygens (including phenoxy) is 1. The quantitative estimate of drug-likeness (QED) is 0.687. The van der Waals surface area contributed by atoms with Gasteiger partial charge in [0, 0.05) is 25.2 Å². The Morgan fingerprint density at radius 1 is 1.00 bits per heavy atom. The minimum absolute atomic E-state index is 0.0584. The van der Waals surface area contributed by atoms with Crippen molar-refractivity contribution in [3.8, 4) is 0 Å². The summed E-state index contributed by atoms with van der Waals surface area (Å²) >= 11 is 0. The summed E-state index contributed by atoms with van der Waals surface area (Å²) < 4.78 is 4.88. The average Bonchev–Trinajstić information content (AvgIpc) is 2.36. The van der Waals surface area contributed by atoms with Crippen LogP contribution in [0, 0.1) is 0 Å². The predicted molar refractivity (Wildman–Crippen MR) is 79.1 cm³/mol. The molecule has 1 rings (SSSR count). The normalized spacial score (nSPS) is 11.2. The number of rotatable bonds is 5. The lowest BCUT2D eigenvalue weighted by Gasteiger charge is -2.12. The third-order valence-corrected chi connectivity index (χ3v) is 2.49. The van der Waals surface area contributed by atoms with Gasteiger partial charge in [0.05, 0.1) is 5.56 Å². The standard InChI is InChI=1S/C14H17N3O5/c1-7(13(15)20)22-14(21)10-4-11(16-8(2)18)6-12(5-10)17-9(3)19/h4-7H,1-3H3,(H2,15,20)(H,16,18)(H,17,19)/t7-/m1/s1. The van der Waals surface area contributed by atoms with Crippen LogP contribution in [0.1, 0.15) is 31.1 Å². The Kier molecular flexibility index (Phi) is 5.62. The molecule has 0 aliphatic carbocycles. The molecule has 0 aliphatic heterocycles. The molecular weight excluding hydrogens is 290 g/mol. The van der Waals surface area contributed by atoms with Crippen LogP contribution in [0.5, 0.6) is 0 Å². The Hall–Kier alpha value is -2.90. The maximum Gasteiger partial charge on any atom is 0.339 e. The zero-order chi connectivity index (χ0) is 16.9. The molecule has 0 fully saturated rings. The summed E-state index contributed by atoms with van der Waals surface area (Å²) in [4.78, 5) is 45.1. The van der Waals surface area contributed by atoms with Crippen LogP contribution in [0.25, 0.3) is 0 Å². The van der Waals surface area contributed by atoms with Crippen LogP contribution in [0.15, 0.2) is 18.2 Å². The Morgan fingerprint density at radius 2 is 1.45 bits per heavy atom. The molecule has 0 bridgehead atoms. The summed E-state index contributed by atoms with van der Waals surface area (Å²) in [6.45, 7) is 3.95. The van der Waals surface area contributed by atoms with Gasteiger partial charge < -0.3 is 21.1 Å². The van der Waals surface area contributed by atoms with Crippen LogP contribution >= 0.6 is 0 Å². The van der Waals surface area contributed by atoms with Crippen molar-refractivity contribution in [2.75, 3.05) is 10.6 Å². The number of carbonyl (C=O) groups is 4. The Bertz CT molecular complexity index is 593. The first-order valence-corrected chi connectivity index (χ1v) is 6.39. The smallest absolute Gasteiger partial charge is 0.339 e. The number of nitrogens with one attached hydrogen (secondary N) is 2. The number of esters is 1. The van der Waals surface area contributed by atoms with Crippen LogP contribution < -0.4 is 16.4 Å². The molecule has 3 amide bonds. The molecule has 0 unspecified atom stereocenters. The molecule has 1 atom stereocenters. The zero-order valence-electron chi connectivity index (χ0n) is 12.4. The number of hydrogen-bond acceptors (Lipinski definition) is 5. The molecule has 0 radical (unpaired) electrons. The zero-order valence-corrected chi connectivity index (χ0v) is 12.4. The summed E-state index contributed by atoms with van der Waals surface area (Å²) in [5, 5.41) is 5.00. The maximum atomic E-state index is 12.0. The van der Waals surface area contributed by atoms with E-state index >= 15 is 0 Å². The second kappa shape index (κ2) is 7.21. The van der Waals surface area contributed by atoms with Crippen molar-refractivity contribution >= 4 is 35.1 Å². The third-order valence-electron chi connectivity index (χ3n) is 2.49. The number of benzene rings is 1. The molecule has 0 aliphatic rings. The first kappa shape index (κ1) is 17.2. The molecule has 1 aromatic rings. The molecule has 118 valence electrons. The van der Waals surface area contributed by atoms with Crippen LogP contribution in [0.3, 0.4) is 0 Å². The van der Waals surface area contributed by atoms with Gasteiger partial charge in [0.1, 0.15) is 0 Å². The molecule has 4 N–H and O–H groups in total. The number of carbonyl (C=O) groups excluding carboxylic acids is 4. The second-order valence-electron chi connectivity index (χ2n) is 4.61. The van der Waals surface area contributed by atoms with E-state index < -0.39 is 18.0 Å². The van der Waals surface area contributed by atoms with Crippen LogP contribution in [0.4, 0.5) is 11.4 Å². The van der Waals surface area contributed by atoms with Gasteiger partial charge >= 0.3 is 5.97 Å². The van der Waals surface area contributed by atoms with E-state index in [1.54, 1.807) is 0 Å². The van der Waals surface area contributed by atoms with E-state index in [0.29, 0.717) is 11.4 Å². The van der Waals surface area contributed by atoms with Gasteiger partial charge in [-0.25, -0.2) is 4.79 Å². The third kappa shape index (κ3) is 5.23. The number of hydrogen-bond donors (Lipinski definition) is 3. The van der Waals surface area contributed by atoms with Gasteiger partial charge in [-0.3, -0.25) is 14.4 Å². The summed E-state index contributed by atoms with van der Waals surface area (Å²) in [6.07, 6.45) is -1.10. The molecule has 0 spiro atoms. The Labute approximate surface area is 127 Å². The number of amides is 3. The van der Waals surface area contributed by atoms with E-state index in [4.69, 9.17) is 10.5 Å². The minimum Gasteiger partial charge on any atom is -0.449 e. The van der Waals surface area contributed by atoms with E-state index in [1.165, 1.54) is 39.0 Å². The number of nitrogens with two attached hydrogens (primary N) is 1. The largest absolute Gasteiger partial charge is 0.449 e. The first-order chi connectivity index (χ1) is 10.2. The van der Waals surface area contributed by atoms with Gasteiger partial charge in [-0.15, -0.1) is 0 Å². The highest BCUT2D eigenvalue weighted by Crippen LogP contribution is 2.20. The molecule has 0 saturated heterocycles. The van der Waals surface area contributed by atoms with Crippen molar-refractivity contribution in [2.45, 2.75) is 26.9 Å². The van der Waals surface area contributed by atoms with Crippen LogP contribution in [0.2, 0.25) is 0 Å². The van der Waals surface area contributed by atoms with Crippen LogP contribution in [-0.4, -0.2) is 29.8 Å². The molecule has 8 heteroatoms. The summed E-state index contributed by atoms with van der Waals surface area (Å²) in [6, 6.07) is 4.21. The van der Waals surface area contributed by atoms with Crippen LogP contribution in [-0.2, 0) is 19.1 Å². The lowest BCUT2D eigenvalue weighted by molar-refractivity contribution is -0.125. The molecule has 8 nitrogen and oxygen atoms in total. The lowest BCUT2D eigenvalue weighted by atomic mass is 10.1. The molecule has 1 aromatic carbocycles. The highest BCUT2D eigenvalue weighted by Gasteiger charge is 2.17. The predicted octanol–water partition coefficient (Wildman–Crippen LogP) is 0.634. The fraction of sp³-hybridized carbons (Fsp3) is 0.286. The number of anilines is 2. The Balaban J connectivity index is 3.10. The van der Waals surface area contributed by atoms with Gasteiger partial charge in [-0.1, -0.05) is 0 Å². The highest BCUT2D eigenvalue weighted by atomic mass is 16.5. The van der Waals surface area contributed by atoms with Gasteiger partial charge in [-0.05, 0) is 25.1 Å². The molecule has 0 saturated carbocycles. The first-order valence-electron chi connectivity index (χ1n) is 6.39. The van der Waals surface area contributed by atoms with Gasteiger partial charge in [0.15, 0.2) is 6.10 Å². The van der Waals surface area contributed by atoms with Crippen molar-refractivity contribution in [3.05, 3.63) is 23.8 Å².